The molecule has 158 valence electrons. The quantitative estimate of drug-likeness (QED) is 0.214. The summed E-state index contributed by atoms with van der Waals surface area (Å²) in [5.74, 6) is 0. The lowest BCUT2D eigenvalue weighted by molar-refractivity contribution is -0.991. The monoisotopic (exact) mass is 425 g/mol. The average molecular weight is 425 g/mol. The highest BCUT2D eigenvalue weighted by Gasteiger charge is 2.18. The zero-order chi connectivity index (χ0) is 22.4. The molecule has 3 aromatic rings. The van der Waals surface area contributed by atoms with Crippen LogP contribution in [-0.2, 0) is 6.54 Å². The highest BCUT2D eigenvalue weighted by Crippen LogP contribution is 2.26. The summed E-state index contributed by atoms with van der Waals surface area (Å²) in [5, 5.41) is 45.4. The maximum Gasteiger partial charge on any atom is 0.300 e. The number of nitro groups is 2. The van der Waals surface area contributed by atoms with Gasteiger partial charge in [0.2, 0.25) is 0 Å². The number of hydrogen-bond acceptors (Lipinski definition) is 8. The van der Waals surface area contributed by atoms with Crippen LogP contribution >= 0.6 is 0 Å². The molecule has 0 saturated heterocycles. The summed E-state index contributed by atoms with van der Waals surface area (Å²) >= 11 is 0. The van der Waals surface area contributed by atoms with Crippen LogP contribution in [0.15, 0.2) is 78.2 Å². The molecule has 0 saturated carbocycles. The number of aromatic nitrogens is 1. The van der Waals surface area contributed by atoms with Gasteiger partial charge in [0, 0.05) is 35.9 Å². The van der Waals surface area contributed by atoms with E-state index in [1.54, 1.807) is 12.4 Å². The van der Waals surface area contributed by atoms with Gasteiger partial charge in [0.05, 0.1) is 15.9 Å². The molecule has 0 amide bonds. The number of nitro benzene ring substituents is 2. The third-order valence-corrected chi connectivity index (χ3v) is 4.27. The molecule has 3 rings (SSSR count). The predicted molar refractivity (Wildman–Crippen MR) is 109 cm³/mol. The fourth-order valence-electron chi connectivity index (χ4n) is 2.72. The van der Waals surface area contributed by atoms with Gasteiger partial charge in [-0.15, -0.1) is 0 Å². The number of pyridine rings is 1. The molecule has 1 unspecified atom stereocenters. The van der Waals surface area contributed by atoms with Crippen molar-refractivity contribution in [1.29, 1.82) is 0 Å². The Hall–Kier alpha value is -4.26. The van der Waals surface area contributed by atoms with Gasteiger partial charge in [0.15, 0.2) is 24.6 Å². The first-order valence-electron chi connectivity index (χ1n) is 8.88. The third-order valence-electron chi connectivity index (χ3n) is 4.27. The van der Waals surface area contributed by atoms with Crippen molar-refractivity contribution in [2.24, 2.45) is 5.10 Å². The van der Waals surface area contributed by atoms with E-state index in [0.29, 0.717) is 11.3 Å². The average Bonchev–Trinajstić information content (AvgIpc) is 2.77. The van der Waals surface area contributed by atoms with Crippen molar-refractivity contribution >= 4 is 28.5 Å². The number of quaternary nitrogens is 1. The number of hydrazone groups is 1. The Balaban J connectivity index is 1.97. The van der Waals surface area contributed by atoms with Crippen molar-refractivity contribution in [3.63, 3.8) is 0 Å². The van der Waals surface area contributed by atoms with Gasteiger partial charge < -0.3 is 5.21 Å². The van der Waals surface area contributed by atoms with Gasteiger partial charge in [-0.3, -0.25) is 25.7 Å². The SMILES string of the molecule is O=[N+]([O-])c1ccc(/C(C[n+]2ccccc2)=N\Nc2ccc([NH+]([O-])O)cc2[N+](=O)[O-])cc1. The lowest BCUT2D eigenvalue weighted by atomic mass is 10.1. The Morgan fingerprint density at radius 2 is 1.71 bits per heavy atom. The van der Waals surface area contributed by atoms with E-state index in [2.05, 4.69) is 10.5 Å². The topological polar surface area (TPSA) is 162 Å². The standard InChI is InChI=1S/C19H17N6O6/c26-23(27)15-6-4-14(5-7-15)18(13-22-10-2-1-3-11-22)21-20-17-9-8-16(24(28)29)12-19(17)25(30)31/h1-12,20,24,28H,13H2/q+1/b21-18-. The largest absolute Gasteiger partial charge is 0.595 e. The lowest BCUT2D eigenvalue weighted by Crippen LogP contribution is -2.99. The number of nitrogens with one attached hydrogen (secondary N) is 2. The van der Waals surface area contributed by atoms with E-state index in [0.717, 1.165) is 6.07 Å². The summed E-state index contributed by atoms with van der Waals surface area (Å²) in [5.41, 5.74) is 2.89. The molecule has 0 aliphatic rings. The van der Waals surface area contributed by atoms with Crippen molar-refractivity contribution in [3.8, 4) is 0 Å². The summed E-state index contributed by atoms with van der Waals surface area (Å²) in [7, 11) is 0. The van der Waals surface area contributed by atoms with Crippen LogP contribution in [0.5, 0.6) is 0 Å². The minimum absolute atomic E-state index is 0.00692. The van der Waals surface area contributed by atoms with Crippen molar-refractivity contribution < 1.29 is 24.8 Å². The van der Waals surface area contributed by atoms with Gasteiger partial charge in [-0.05, 0) is 18.2 Å². The summed E-state index contributed by atoms with van der Waals surface area (Å²) < 4.78 is 1.81. The van der Waals surface area contributed by atoms with E-state index < -0.39 is 20.8 Å². The second-order valence-electron chi connectivity index (χ2n) is 6.32. The molecule has 12 nitrogen and oxygen atoms in total. The Morgan fingerprint density at radius 3 is 2.29 bits per heavy atom. The van der Waals surface area contributed by atoms with Crippen LogP contribution in [-0.4, -0.2) is 20.8 Å². The van der Waals surface area contributed by atoms with Gasteiger partial charge in [-0.1, -0.05) is 6.07 Å². The van der Waals surface area contributed by atoms with E-state index in [1.807, 2.05) is 22.8 Å². The van der Waals surface area contributed by atoms with Crippen molar-refractivity contribution in [3.05, 3.63) is 104 Å². The Bertz CT molecular complexity index is 1120. The minimum atomic E-state index is -1.29. The molecule has 3 N–H and O–H groups in total. The second kappa shape index (κ2) is 9.49. The molecule has 0 aliphatic heterocycles. The lowest BCUT2D eigenvalue weighted by Gasteiger charge is -2.12. The summed E-state index contributed by atoms with van der Waals surface area (Å²) in [6, 6.07) is 14.6. The van der Waals surface area contributed by atoms with Crippen LogP contribution in [0.25, 0.3) is 0 Å². The number of benzene rings is 2. The molecule has 1 atom stereocenters. The zero-order valence-electron chi connectivity index (χ0n) is 15.9. The van der Waals surface area contributed by atoms with E-state index in [4.69, 9.17) is 5.21 Å². The van der Waals surface area contributed by atoms with E-state index in [9.17, 15) is 25.4 Å². The smallest absolute Gasteiger partial charge is 0.300 e. The molecule has 0 aliphatic carbocycles. The molecule has 0 bridgehead atoms. The van der Waals surface area contributed by atoms with Gasteiger partial charge >= 0.3 is 0 Å². The number of hydrogen-bond donors (Lipinski definition) is 3. The van der Waals surface area contributed by atoms with Crippen LogP contribution in [0.2, 0.25) is 0 Å². The fourth-order valence-corrected chi connectivity index (χ4v) is 2.72. The normalized spacial score (nSPS) is 12.3. The molecular weight excluding hydrogens is 408 g/mol. The molecule has 0 fully saturated rings. The number of nitrogens with zero attached hydrogens (tertiary/aromatic N) is 4. The first kappa shape index (κ1) is 21.4. The fraction of sp³-hybridized carbons (Fsp3) is 0.0526. The molecule has 31 heavy (non-hydrogen) atoms. The number of anilines is 1. The zero-order valence-corrected chi connectivity index (χ0v) is 15.9. The van der Waals surface area contributed by atoms with Crippen LogP contribution in [0, 0.1) is 25.4 Å². The van der Waals surface area contributed by atoms with Crippen molar-refractivity contribution in [1.82, 2.24) is 0 Å². The van der Waals surface area contributed by atoms with Crippen LogP contribution in [0.4, 0.5) is 22.7 Å². The molecule has 2 aromatic carbocycles. The third kappa shape index (κ3) is 5.42. The molecular formula is C19H17N6O6+. The van der Waals surface area contributed by atoms with Gasteiger partial charge in [0.25, 0.3) is 11.4 Å². The van der Waals surface area contributed by atoms with E-state index in [1.165, 1.54) is 36.4 Å². The van der Waals surface area contributed by atoms with Crippen LogP contribution in [0.3, 0.4) is 0 Å². The summed E-state index contributed by atoms with van der Waals surface area (Å²) in [6.45, 7) is 0.270. The molecule has 12 heteroatoms. The first-order valence-corrected chi connectivity index (χ1v) is 8.88. The van der Waals surface area contributed by atoms with Crippen molar-refractivity contribution in [2.75, 3.05) is 5.43 Å². The van der Waals surface area contributed by atoms with Gasteiger partial charge in [-0.25, -0.2) is 5.21 Å². The van der Waals surface area contributed by atoms with Crippen LogP contribution < -0.4 is 15.2 Å². The van der Waals surface area contributed by atoms with E-state index in [-0.39, 0.29) is 23.6 Å². The summed E-state index contributed by atoms with van der Waals surface area (Å²) in [6.07, 6.45) is 3.59. The van der Waals surface area contributed by atoms with E-state index >= 15 is 0 Å². The van der Waals surface area contributed by atoms with Gasteiger partial charge in [-0.2, -0.15) is 14.9 Å². The van der Waals surface area contributed by atoms with Crippen molar-refractivity contribution in [2.45, 2.75) is 6.54 Å². The first-order chi connectivity index (χ1) is 14.8. The number of rotatable bonds is 8. The predicted octanol–water partition coefficient (Wildman–Crippen LogP) is 1.71. The number of non-ortho nitro benzene ring substituents is 1. The molecule has 1 heterocycles. The summed E-state index contributed by atoms with van der Waals surface area (Å²) in [4.78, 5) is 21.1. The Labute approximate surface area is 175 Å². The second-order valence-corrected chi connectivity index (χ2v) is 6.32. The maximum atomic E-state index is 11.4. The van der Waals surface area contributed by atoms with Gasteiger partial charge in [0.1, 0.15) is 11.4 Å². The Morgan fingerprint density at radius 1 is 1.03 bits per heavy atom. The highest BCUT2D eigenvalue weighted by molar-refractivity contribution is 6.00. The molecule has 0 radical (unpaired) electrons. The minimum Gasteiger partial charge on any atom is -0.595 e. The molecule has 0 spiro atoms. The van der Waals surface area contributed by atoms with Crippen LogP contribution in [0.1, 0.15) is 5.56 Å². The highest BCUT2D eigenvalue weighted by atomic mass is 16.8. The Kier molecular flexibility index (Phi) is 6.57. The maximum absolute atomic E-state index is 11.4. The molecule has 1 aromatic heterocycles.